The molecule has 3 aromatic rings. The predicted molar refractivity (Wildman–Crippen MR) is 115 cm³/mol. The largest absolute Gasteiger partial charge is 0.465 e. The quantitative estimate of drug-likeness (QED) is 0.665. The predicted octanol–water partition coefficient (Wildman–Crippen LogP) is 2.99. The lowest BCUT2D eigenvalue weighted by Gasteiger charge is -2.22. The summed E-state index contributed by atoms with van der Waals surface area (Å²) in [5.41, 5.74) is 11.0. The Morgan fingerprint density at radius 3 is 2.53 bits per heavy atom. The third kappa shape index (κ3) is 3.82. The molecule has 1 aliphatic heterocycles. The first-order valence-corrected chi connectivity index (χ1v) is 9.85. The maximum Gasteiger partial charge on any atom is 0.338 e. The molecule has 0 saturated carbocycles. The SMILES string of the molecule is COC(=O)c1cc(-c2ccncc2)cc2c1CCN2C(=O)C(N)Cc1ccccc1. The molecule has 6 nitrogen and oxygen atoms in total. The van der Waals surface area contributed by atoms with Crippen molar-refractivity contribution in [3.05, 3.63) is 83.7 Å². The average Bonchev–Trinajstić information content (AvgIpc) is 3.22. The molecule has 0 bridgehead atoms. The molecule has 0 saturated heterocycles. The van der Waals surface area contributed by atoms with Crippen LogP contribution in [0.15, 0.2) is 67.0 Å². The summed E-state index contributed by atoms with van der Waals surface area (Å²) in [4.78, 5) is 31.4. The van der Waals surface area contributed by atoms with Crippen molar-refractivity contribution in [2.24, 2.45) is 5.73 Å². The van der Waals surface area contributed by atoms with Crippen LogP contribution in [-0.2, 0) is 22.4 Å². The Kier molecular flexibility index (Phi) is 5.59. The Bertz CT molecular complexity index is 1070. The van der Waals surface area contributed by atoms with E-state index in [0.717, 1.165) is 27.9 Å². The molecule has 0 aliphatic carbocycles. The lowest BCUT2D eigenvalue weighted by molar-refractivity contribution is -0.119. The van der Waals surface area contributed by atoms with E-state index in [1.165, 1.54) is 7.11 Å². The highest BCUT2D eigenvalue weighted by Gasteiger charge is 2.32. The standard InChI is InChI=1S/C24H23N3O3/c1-30-24(29)20-14-18(17-7-10-26-11-8-17)15-22-19(20)9-12-27(22)23(28)21(25)13-16-5-3-2-4-6-16/h2-8,10-11,14-15,21H,9,12-13,25H2,1H3. The number of fused-ring (bicyclic) bond motifs is 1. The van der Waals surface area contributed by atoms with Crippen LogP contribution < -0.4 is 10.6 Å². The van der Waals surface area contributed by atoms with Gasteiger partial charge in [0.1, 0.15) is 0 Å². The number of esters is 1. The number of anilines is 1. The van der Waals surface area contributed by atoms with Gasteiger partial charge in [-0.15, -0.1) is 0 Å². The van der Waals surface area contributed by atoms with Gasteiger partial charge in [0.15, 0.2) is 0 Å². The number of benzene rings is 2. The minimum absolute atomic E-state index is 0.153. The fourth-order valence-corrected chi connectivity index (χ4v) is 3.89. The van der Waals surface area contributed by atoms with E-state index in [0.29, 0.717) is 24.9 Å². The second-order valence-electron chi connectivity index (χ2n) is 7.29. The van der Waals surface area contributed by atoms with Gasteiger partial charge >= 0.3 is 5.97 Å². The molecule has 4 rings (SSSR count). The number of nitrogens with zero attached hydrogens (tertiary/aromatic N) is 2. The zero-order chi connectivity index (χ0) is 21.1. The first kappa shape index (κ1) is 19.8. The molecular formula is C24H23N3O3. The van der Waals surface area contributed by atoms with E-state index < -0.39 is 12.0 Å². The van der Waals surface area contributed by atoms with Gasteiger partial charge in [-0.05, 0) is 59.4 Å². The molecule has 1 aliphatic rings. The van der Waals surface area contributed by atoms with E-state index in [1.54, 1.807) is 17.3 Å². The van der Waals surface area contributed by atoms with Gasteiger partial charge in [-0.3, -0.25) is 9.78 Å². The van der Waals surface area contributed by atoms with Crippen LogP contribution in [0.5, 0.6) is 0 Å². The van der Waals surface area contributed by atoms with Crippen molar-refractivity contribution >= 4 is 17.6 Å². The number of aromatic nitrogens is 1. The zero-order valence-corrected chi connectivity index (χ0v) is 16.7. The van der Waals surface area contributed by atoms with E-state index in [-0.39, 0.29) is 5.91 Å². The number of ether oxygens (including phenoxy) is 1. The Labute approximate surface area is 175 Å². The van der Waals surface area contributed by atoms with Crippen molar-refractivity contribution in [1.29, 1.82) is 0 Å². The molecule has 2 N–H and O–H groups in total. The Balaban J connectivity index is 1.70. The Morgan fingerprint density at radius 1 is 1.10 bits per heavy atom. The molecule has 0 spiro atoms. The minimum Gasteiger partial charge on any atom is -0.465 e. The fraction of sp³-hybridized carbons (Fsp3) is 0.208. The number of hydrogen-bond acceptors (Lipinski definition) is 5. The monoisotopic (exact) mass is 401 g/mol. The molecule has 2 aromatic carbocycles. The first-order chi connectivity index (χ1) is 14.6. The number of carbonyl (C=O) groups is 2. The molecular weight excluding hydrogens is 378 g/mol. The molecule has 152 valence electrons. The molecule has 0 radical (unpaired) electrons. The molecule has 1 atom stereocenters. The van der Waals surface area contributed by atoms with Crippen molar-refractivity contribution in [1.82, 2.24) is 4.98 Å². The Morgan fingerprint density at radius 2 is 1.83 bits per heavy atom. The van der Waals surface area contributed by atoms with Crippen LogP contribution in [0, 0.1) is 0 Å². The van der Waals surface area contributed by atoms with Crippen LogP contribution in [0.2, 0.25) is 0 Å². The van der Waals surface area contributed by atoms with Gasteiger partial charge in [0.2, 0.25) is 5.91 Å². The van der Waals surface area contributed by atoms with Crippen molar-refractivity contribution in [2.75, 3.05) is 18.6 Å². The number of methoxy groups -OCH3 is 1. The summed E-state index contributed by atoms with van der Waals surface area (Å²) < 4.78 is 5.00. The maximum absolute atomic E-state index is 13.2. The number of rotatable bonds is 5. The van der Waals surface area contributed by atoms with Gasteiger partial charge in [-0.1, -0.05) is 30.3 Å². The van der Waals surface area contributed by atoms with Crippen LogP contribution in [0.25, 0.3) is 11.1 Å². The summed E-state index contributed by atoms with van der Waals surface area (Å²) in [7, 11) is 1.36. The molecule has 1 amide bonds. The number of hydrogen-bond donors (Lipinski definition) is 1. The number of amides is 1. The van der Waals surface area contributed by atoms with Crippen molar-refractivity contribution < 1.29 is 14.3 Å². The lowest BCUT2D eigenvalue weighted by atomic mass is 9.97. The van der Waals surface area contributed by atoms with Gasteiger partial charge < -0.3 is 15.4 Å². The minimum atomic E-state index is -0.662. The second-order valence-corrected chi connectivity index (χ2v) is 7.29. The third-order valence-corrected chi connectivity index (χ3v) is 5.40. The summed E-state index contributed by atoms with van der Waals surface area (Å²) in [6, 6.07) is 16.5. The summed E-state index contributed by atoms with van der Waals surface area (Å²) >= 11 is 0. The number of nitrogens with two attached hydrogens (primary N) is 1. The summed E-state index contributed by atoms with van der Waals surface area (Å²) in [6.45, 7) is 0.487. The van der Waals surface area contributed by atoms with Gasteiger partial charge in [0.25, 0.3) is 0 Å². The van der Waals surface area contributed by atoms with Gasteiger partial charge in [-0.25, -0.2) is 4.79 Å². The van der Waals surface area contributed by atoms with E-state index >= 15 is 0 Å². The van der Waals surface area contributed by atoms with Crippen LogP contribution in [0.4, 0.5) is 5.69 Å². The second kappa shape index (κ2) is 8.47. The van der Waals surface area contributed by atoms with Gasteiger partial charge in [0.05, 0.1) is 18.7 Å². The number of carbonyl (C=O) groups excluding carboxylic acids is 2. The van der Waals surface area contributed by atoms with Crippen LogP contribution in [0.3, 0.4) is 0 Å². The normalized spacial score (nSPS) is 13.6. The van der Waals surface area contributed by atoms with Gasteiger partial charge in [0, 0.05) is 24.6 Å². The van der Waals surface area contributed by atoms with E-state index in [4.69, 9.17) is 10.5 Å². The van der Waals surface area contributed by atoms with Crippen LogP contribution in [0.1, 0.15) is 21.5 Å². The molecule has 1 unspecified atom stereocenters. The summed E-state index contributed by atoms with van der Waals surface area (Å²) in [6.07, 6.45) is 4.43. The molecule has 0 fully saturated rings. The van der Waals surface area contributed by atoms with Crippen molar-refractivity contribution in [3.8, 4) is 11.1 Å². The number of pyridine rings is 1. The highest BCUT2D eigenvalue weighted by atomic mass is 16.5. The Hall–Kier alpha value is -3.51. The zero-order valence-electron chi connectivity index (χ0n) is 16.7. The fourth-order valence-electron chi connectivity index (χ4n) is 3.89. The summed E-state index contributed by atoms with van der Waals surface area (Å²) in [5.74, 6) is -0.565. The topological polar surface area (TPSA) is 85.5 Å². The third-order valence-electron chi connectivity index (χ3n) is 5.40. The lowest BCUT2D eigenvalue weighted by Crippen LogP contribution is -2.44. The first-order valence-electron chi connectivity index (χ1n) is 9.85. The van der Waals surface area contributed by atoms with Gasteiger partial charge in [-0.2, -0.15) is 0 Å². The maximum atomic E-state index is 13.2. The van der Waals surface area contributed by atoms with Crippen LogP contribution >= 0.6 is 0 Å². The van der Waals surface area contributed by atoms with E-state index in [9.17, 15) is 9.59 Å². The molecule has 6 heteroatoms. The molecule has 1 aromatic heterocycles. The van der Waals surface area contributed by atoms with E-state index in [2.05, 4.69) is 4.98 Å². The highest BCUT2D eigenvalue weighted by Crippen LogP contribution is 2.36. The highest BCUT2D eigenvalue weighted by molar-refractivity contribution is 6.03. The average molecular weight is 401 g/mol. The molecule has 30 heavy (non-hydrogen) atoms. The van der Waals surface area contributed by atoms with Crippen LogP contribution in [-0.4, -0.2) is 36.6 Å². The van der Waals surface area contributed by atoms with E-state index in [1.807, 2.05) is 54.6 Å². The smallest absolute Gasteiger partial charge is 0.338 e. The van der Waals surface area contributed by atoms with Crippen molar-refractivity contribution in [2.45, 2.75) is 18.9 Å². The molecule has 2 heterocycles. The van der Waals surface area contributed by atoms with Crippen molar-refractivity contribution in [3.63, 3.8) is 0 Å². The summed E-state index contributed by atoms with van der Waals surface area (Å²) in [5, 5.41) is 0.